The molecule has 1 aliphatic carbocycles. The molecule has 10 nitrogen and oxygen atoms in total. The van der Waals surface area contributed by atoms with Crippen molar-refractivity contribution in [2.24, 2.45) is 0 Å². The summed E-state index contributed by atoms with van der Waals surface area (Å²) in [6, 6.07) is 16.1. The molecule has 0 fully saturated rings. The van der Waals surface area contributed by atoms with Gasteiger partial charge in [-0.1, -0.05) is 35.9 Å². The molecule has 1 aliphatic heterocycles. The second-order valence-electron chi connectivity index (χ2n) is 11.2. The fourth-order valence-corrected chi connectivity index (χ4v) is 5.89. The van der Waals surface area contributed by atoms with Gasteiger partial charge in [0.2, 0.25) is 0 Å². The van der Waals surface area contributed by atoms with Crippen molar-refractivity contribution in [1.29, 1.82) is 0 Å². The van der Waals surface area contributed by atoms with E-state index in [9.17, 15) is 28.0 Å². The normalized spacial score (nSPS) is 16.5. The highest BCUT2D eigenvalue weighted by atomic mass is 35.5. The third-order valence-corrected chi connectivity index (χ3v) is 8.76. The largest absolute Gasteiger partial charge is 0.445 e. The molecule has 5 amide bonds. The number of fused-ring (bicyclic) bond motifs is 2. The number of benzene rings is 3. The summed E-state index contributed by atoms with van der Waals surface area (Å²) in [6.45, 7) is -0.102. The number of carbonyl (C=O) groups excluding carboxylic acids is 4. The molecule has 0 unspecified atom stereocenters. The Bertz CT molecular complexity index is 1940. The number of aromatic nitrogens is 1. The first-order valence-electron chi connectivity index (χ1n) is 14.7. The number of hydrogen-bond donors (Lipinski definition) is 2. The van der Waals surface area contributed by atoms with Crippen LogP contribution in [0.15, 0.2) is 84.6 Å². The molecule has 0 bridgehead atoms. The smallest absolute Gasteiger partial charge is 0.413 e. The predicted octanol–water partition coefficient (Wildman–Crippen LogP) is 6.31. The zero-order chi connectivity index (χ0) is 33.3. The summed E-state index contributed by atoms with van der Waals surface area (Å²) < 4.78 is 33.0. The Morgan fingerprint density at radius 2 is 1.74 bits per heavy atom. The van der Waals surface area contributed by atoms with Crippen LogP contribution in [0.4, 0.5) is 24.2 Å². The first-order chi connectivity index (χ1) is 22.6. The van der Waals surface area contributed by atoms with Gasteiger partial charge in [-0.3, -0.25) is 19.8 Å². The van der Waals surface area contributed by atoms with E-state index in [1.807, 2.05) is 0 Å². The van der Waals surface area contributed by atoms with Gasteiger partial charge in [0.1, 0.15) is 24.1 Å². The zero-order valence-electron chi connectivity index (χ0n) is 25.1. The van der Waals surface area contributed by atoms with Crippen LogP contribution >= 0.6 is 11.6 Å². The van der Waals surface area contributed by atoms with Crippen LogP contribution in [0.1, 0.15) is 39.1 Å². The molecule has 0 saturated carbocycles. The van der Waals surface area contributed by atoms with Gasteiger partial charge in [-0.15, -0.1) is 0 Å². The first kappa shape index (κ1) is 31.6. The maximum absolute atomic E-state index is 13.9. The molecule has 0 radical (unpaired) electrons. The summed E-state index contributed by atoms with van der Waals surface area (Å²) >= 11 is 6.05. The number of rotatable bonds is 10. The van der Waals surface area contributed by atoms with Crippen LogP contribution in [-0.2, 0) is 11.3 Å². The summed E-state index contributed by atoms with van der Waals surface area (Å²) in [5.41, 5.74) is 0.728. The third-order valence-electron chi connectivity index (χ3n) is 8.34. The van der Waals surface area contributed by atoms with Crippen molar-refractivity contribution in [3.05, 3.63) is 118 Å². The lowest BCUT2D eigenvalue weighted by atomic mass is 10.0. The molecule has 1 atom stereocenters. The second kappa shape index (κ2) is 12.8. The van der Waals surface area contributed by atoms with Gasteiger partial charge in [-0.05, 0) is 77.9 Å². The van der Waals surface area contributed by atoms with Gasteiger partial charge in [0, 0.05) is 31.7 Å². The molecule has 2 aliphatic rings. The fourth-order valence-electron chi connectivity index (χ4n) is 5.70. The van der Waals surface area contributed by atoms with Crippen molar-refractivity contribution in [2.45, 2.75) is 24.9 Å². The average Bonchev–Trinajstić information content (AvgIpc) is 3.72. The van der Waals surface area contributed by atoms with E-state index < -0.39 is 29.3 Å². The summed E-state index contributed by atoms with van der Waals surface area (Å²) in [5, 5.41) is 6.40. The zero-order valence-corrected chi connectivity index (χ0v) is 25.8. The van der Waals surface area contributed by atoms with Crippen LogP contribution < -0.4 is 10.6 Å². The Hall–Kier alpha value is -5.36. The Morgan fingerprint density at radius 1 is 1.00 bits per heavy atom. The molecule has 3 aromatic carbocycles. The van der Waals surface area contributed by atoms with E-state index in [0.29, 0.717) is 45.9 Å². The Balaban J connectivity index is 1.11. The highest BCUT2D eigenvalue weighted by molar-refractivity contribution is 6.31. The van der Waals surface area contributed by atoms with E-state index in [2.05, 4.69) is 15.6 Å². The van der Waals surface area contributed by atoms with Gasteiger partial charge < -0.3 is 15.0 Å². The van der Waals surface area contributed by atoms with Crippen molar-refractivity contribution < 1.29 is 32.7 Å². The van der Waals surface area contributed by atoms with Gasteiger partial charge >= 0.3 is 12.1 Å². The molecule has 0 saturated heterocycles. The highest BCUT2D eigenvalue weighted by Gasteiger charge is 2.50. The lowest BCUT2D eigenvalue weighted by Gasteiger charge is -2.31. The van der Waals surface area contributed by atoms with Gasteiger partial charge in [0.25, 0.3) is 11.8 Å². The number of anilines is 1. The number of carbonyl (C=O) groups is 4. The number of nitrogens with one attached hydrogen (secondary N) is 2. The first-order valence-corrected chi connectivity index (χ1v) is 15.1. The van der Waals surface area contributed by atoms with Crippen LogP contribution in [0.2, 0.25) is 5.02 Å². The summed E-state index contributed by atoms with van der Waals surface area (Å²) in [6.07, 6.45) is 3.10. The van der Waals surface area contributed by atoms with E-state index in [4.69, 9.17) is 16.3 Å². The number of imide groups is 1. The number of ether oxygens (including phenoxy) is 1. The van der Waals surface area contributed by atoms with Crippen molar-refractivity contribution in [3.8, 4) is 0 Å². The van der Waals surface area contributed by atoms with Gasteiger partial charge in [-0.25, -0.2) is 23.4 Å². The van der Waals surface area contributed by atoms with Crippen LogP contribution in [0.3, 0.4) is 0 Å². The van der Waals surface area contributed by atoms with Crippen LogP contribution in [0, 0.1) is 11.6 Å². The van der Waals surface area contributed by atoms with Gasteiger partial charge in [0.15, 0.2) is 0 Å². The Labute approximate surface area is 273 Å². The van der Waals surface area contributed by atoms with E-state index >= 15 is 0 Å². The van der Waals surface area contributed by atoms with Crippen molar-refractivity contribution in [1.82, 2.24) is 20.1 Å². The molecule has 2 N–H and O–H groups in total. The lowest BCUT2D eigenvalue weighted by molar-refractivity contribution is 0.0646. The number of nitrogens with zero attached hydrogens (tertiary/aromatic N) is 3. The Kier molecular flexibility index (Phi) is 8.61. The molecule has 4 aromatic rings. The minimum Gasteiger partial charge on any atom is -0.445 e. The number of likely N-dealkylation sites (N-methyl/N-ethyl adjacent to an activating group) is 1. The topological polar surface area (TPSA) is 121 Å². The number of pyridine rings is 1. The van der Waals surface area contributed by atoms with E-state index in [-0.39, 0.29) is 42.4 Å². The van der Waals surface area contributed by atoms with Crippen molar-refractivity contribution >= 4 is 52.1 Å². The molecule has 2 heterocycles. The van der Waals surface area contributed by atoms with Crippen LogP contribution in [0.25, 0.3) is 10.8 Å². The van der Waals surface area contributed by atoms with Gasteiger partial charge in [-0.2, -0.15) is 0 Å². The van der Waals surface area contributed by atoms with Crippen LogP contribution in [-0.4, -0.2) is 64.5 Å². The number of halogens is 3. The number of hydrogen-bond acceptors (Lipinski definition) is 6. The average molecular weight is 660 g/mol. The fraction of sp³-hybridized carbons (Fsp3) is 0.206. The SMILES string of the molecule is CN(C(=O)NCc1cccc(F)c1Cl)[C@@]1(CCCN2C(=O)c3ccccc3C2=O)C=C1COC(=O)Nc1cc2cc(F)ccc2cn1. The lowest BCUT2D eigenvalue weighted by Crippen LogP contribution is -2.47. The molecule has 240 valence electrons. The molecule has 6 rings (SSSR count). The maximum atomic E-state index is 13.9. The molecular formula is C34H28ClF2N5O5. The quantitative estimate of drug-likeness (QED) is 0.152. The van der Waals surface area contributed by atoms with E-state index in [0.717, 1.165) is 0 Å². The molecular weight excluding hydrogens is 632 g/mol. The minimum atomic E-state index is -0.965. The Morgan fingerprint density at radius 3 is 2.49 bits per heavy atom. The molecule has 0 spiro atoms. The minimum absolute atomic E-state index is 0.0399. The monoisotopic (exact) mass is 659 g/mol. The third kappa shape index (κ3) is 6.36. The summed E-state index contributed by atoms with van der Waals surface area (Å²) in [4.78, 5) is 58.5. The van der Waals surface area contributed by atoms with Crippen molar-refractivity contribution in [3.63, 3.8) is 0 Å². The number of urea groups is 1. The summed E-state index contributed by atoms with van der Waals surface area (Å²) in [5.74, 6) is -1.63. The standard InChI is InChI=1S/C34H28ClF2N5O5/c1-41(32(45)39-18-21-6-4-9-27(37)29(21)35)34(12-5-13-42-30(43)25-7-2-3-8-26(25)31(42)44)16-23(34)19-47-33(46)40-28-15-22-14-24(36)11-10-20(22)17-38-28/h2-4,6-11,14-17H,5,12-13,18-19H2,1H3,(H,39,45)(H,38,40,46)/t34-/m0/s1. The van der Waals surface area contributed by atoms with Crippen molar-refractivity contribution in [2.75, 3.05) is 25.5 Å². The maximum Gasteiger partial charge on any atom is 0.413 e. The molecule has 47 heavy (non-hydrogen) atoms. The number of amides is 5. The second-order valence-corrected chi connectivity index (χ2v) is 11.6. The van der Waals surface area contributed by atoms with Crippen LogP contribution in [0.5, 0.6) is 0 Å². The molecule has 13 heteroatoms. The predicted molar refractivity (Wildman–Crippen MR) is 170 cm³/mol. The van der Waals surface area contributed by atoms with E-state index in [1.165, 1.54) is 46.3 Å². The highest BCUT2D eigenvalue weighted by Crippen LogP contribution is 2.44. The summed E-state index contributed by atoms with van der Waals surface area (Å²) in [7, 11) is 1.56. The van der Waals surface area contributed by atoms with E-state index in [1.54, 1.807) is 49.5 Å². The molecule has 1 aromatic heterocycles. The van der Waals surface area contributed by atoms with Gasteiger partial charge in [0.05, 0.1) is 21.7 Å².